The number of aryl methyl sites for hydroxylation is 1. The predicted octanol–water partition coefficient (Wildman–Crippen LogP) is 3.70. The molecule has 178 valence electrons. The van der Waals surface area contributed by atoms with Crippen LogP contribution in [0.3, 0.4) is 0 Å². The molecule has 0 radical (unpaired) electrons. The van der Waals surface area contributed by atoms with E-state index in [1.165, 1.54) is 0 Å². The zero-order chi connectivity index (χ0) is 24.1. The smallest absolute Gasteiger partial charge is 0.409 e. The van der Waals surface area contributed by atoms with Gasteiger partial charge in [-0.2, -0.15) is 0 Å². The number of rotatable bonds is 6. The average molecular weight is 466 g/mol. The molecule has 9 nitrogen and oxygen atoms in total. The van der Waals surface area contributed by atoms with Crippen LogP contribution in [0.25, 0.3) is 22.4 Å². The molecular weight excluding hydrogens is 438 g/mol. The molecule has 0 aliphatic carbocycles. The number of ether oxygens (including phenoxy) is 2. The standard InChI is InChI=1S/C25H27N3O6/c1-3-32-25(31)28-12-10-17(11-13-28)26-23(29)15-33-24(30)19-14-21(22-9-8-16(2)34-22)27-20-7-5-4-6-18(19)20/h4-9,14,17H,3,10-13,15H2,1-2H3,(H,26,29). The van der Waals surface area contributed by atoms with Crippen LogP contribution in [-0.2, 0) is 14.3 Å². The largest absolute Gasteiger partial charge is 0.460 e. The van der Waals surface area contributed by atoms with Gasteiger partial charge in [0, 0.05) is 24.5 Å². The summed E-state index contributed by atoms with van der Waals surface area (Å²) >= 11 is 0. The zero-order valence-corrected chi connectivity index (χ0v) is 19.2. The number of carbonyl (C=O) groups is 3. The van der Waals surface area contributed by atoms with Crippen molar-refractivity contribution >= 4 is 28.9 Å². The van der Waals surface area contributed by atoms with Gasteiger partial charge in [-0.3, -0.25) is 4.79 Å². The first-order chi connectivity index (χ1) is 16.4. The number of furan rings is 1. The van der Waals surface area contributed by atoms with Crippen LogP contribution in [0.2, 0.25) is 0 Å². The first kappa shape index (κ1) is 23.3. The number of pyridine rings is 1. The number of hydrogen-bond donors (Lipinski definition) is 1. The van der Waals surface area contributed by atoms with Gasteiger partial charge in [0.2, 0.25) is 0 Å². The molecule has 4 rings (SSSR count). The van der Waals surface area contributed by atoms with Crippen molar-refractivity contribution in [3.05, 3.63) is 53.8 Å². The second-order valence-electron chi connectivity index (χ2n) is 8.09. The molecule has 34 heavy (non-hydrogen) atoms. The first-order valence-electron chi connectivity index (χ1n) is 11.3. The molecule has 1 saturated heterocycles. The van der Waals surface area contributed by atoms with Crippen molar-refractivity contribution in [2.75, 3.05) is 26.3 Å². The van der Waals surface area contributed by atoms with E-state index < -0.39 is 12.6 Å². The fourth-order valence-electron chi connectivity index (χ4n) is 3.94. The zero-order valence-electron chi connectivity index (χ0n) is 19.2. The monoisotopic (exact) mass is 465 g/mol. The number of fused-ring (bicyclic) bond motifs is 1. The van der Waals surface area contributed by atoms with Crippen molar-refractivity contribution in [1.29, 1.82) is 0 Å². The summed E-state index contributed by atoms with van der Waals surface area (Å²) in [4.78, 5) is 43.3. The minimum Gasteiger partial charge on any atom is -0.460 e. The van der Waals surface area contributed by atoms with Gasteiger partial charge < -0.3 is 24.1 Å². The Morgan fingerprint density at radius 1 is 1.12 bits per heavy atom. The van der Waals surface area contributed by atoms with Gasteiger partial charge in [-0.25, -0.2) is 14.6 Å². The molecule has 0 spiro atoms. The number of piperidine rings is 1. The number of nitrogens with zero attached hydrogens (tertiary/aromatic N) is 2. The first-order valence-corrected chi connectivity index (χ1v) is 11.3. The number of aromatic nitrogens is 1. The number of hydrogen-bond acceptors (Lipinski definition) is 7. The quantitative estimate of drug-likeness (QED) is 0.553. The van der Waals surface area contributed by atoms with E-state index in [0.717, 1.165) is 5.76 Å². The molecule has 1 aliphatic rings. The molecule has 0 atom stereocenters. The molecule has 0 saturated carbocycles. The highest BCUT2D eigenvalue weighted by Gasteiger charge is 2.25. The number of esters is 1. The lowest BCUT2D eigenvalue weighted by molar-refractivity contribution is -0.125. The van der Waals surface area contributed by atoms with Crippen LogP contribution in [-0.4, -0.2) is 60.2 Å². The van der Waals surface area contributed by atoms with E-state index in [4.69, 9.17) is 13.9 Å². The van der Waals surface area contributed by atoms with E-state index in [2.05, 4.69) is 10.3 Å². The van der Waals surface area contributed by atoms with Crippen molar-refractivity contribution in [2.24, 2.45) is 0 Å². The van der Waals surface area contributed by atoms with Gasteiger partial charge in [0.1, 0.15) is 11.5 Å². The summed E-state index contributed by atoms with van der Waals surface area (Å²) in [6.45, 7) is 4.53. The lowest BCUT2D eigenvalue weighted by Gasteiger charge is -2.31. The summed E-state index contributed by atoms with van der Waals surface area (Å²) in [6, 6.07) is 12.4. The minimum atomic E-state index is -0.615. The van der Waals surface area contributed by atoms with Gasteiger partial charge in [0.25, 0.3) is 5.91 Å². The normalized spacial score (nSPS) is 14.1. The van der Waals surface area contributed by atoms with E-state index in [9.17, 15) is 14.4 Å². The number of carbonyl (C=O) groups excluding carboxylic acids is 3. The van der Waals surface area contributed by atoms with E-state index in [0.29, 0.717) is 60.5 Å². The Labute approximate surface area is 197 Å². The Morgan fingerprint density at radius 2 is 1.88 bits per heavy atom. The highest BCUT2D eigenvalue weighted by molar-refractivity contribution is 6.05. The molecule has 0 unspecified atom stereocenters. The Kier molecular flexibility index (Phi) is 7.10. The SMILES string of the molecule is CCOC(=O)N1CCC(NC(=O)COC(=O)c2cc(-c3ccc(C)o3)nc3ccccc23)CC1. The minimum absolute atomic E-state index is 0.0903. The summed E-state index contributed by atoms with van der Waals surface area (Å²) in [5.74, 6) is 0.279. The summed E-state index contributed by atoms with van der Waals surface area (Å²) in [6.07, 6.45) is 0.883. The van der Waals surface area contributed by atoms with Gasteiger partial charge in [0.15, 0.2) is 12.4 Å². The van der Waals surface area contributed by atoms with Crippen LogP contribution < -0.4 is 5.32 Å². The van der Waals surface area contributed by atoms with Crippen molar-refractivity contribution in [2.45, 2.75) is 32.7 Å². The number of nitrogens with one attached hydrogen (secondary N) is 1. The molecule has 2 amide bonds. The van der Waals surface area contributed by atoms with Gasteiger partial charge >= 0.3 is 12.1 Å². The molecule has 0 bridgehead atoms. The molecule has 3 heterocycles. The fourth-order valence-corrected chi connectivity index (χ4v) is 3.94. The third-order valence-electron chi connectivity index (χ3n) is 5.65. The van der Waals surface area contributed by atoms with Crippen LogP contribution in [0.4, 0.5) is 4.79 Å². The molecule has 1 aromatic carbocycles. The van der Waals surface area contributed by atoms with Crippen LogP contribution in [0.1, 0.15) is 35.9 Å². The second-order valence-corrected chi connectivity index (χ2v) is 8.09. The second kappa shape index (κ2) is 10.4. The molecule has 3 aromatic rings. The molecule has 9 heteroatoms. The third kappa shape index (κ3) is 5.36. The lowest BCUT2D eigenvalue weighted by Crippen LogP contribution is -2.47. The van der Waals surface area contributed by atoms with Gasteiger partial charge in [-0.1, -0.05) is 18.2 Å². The maximum absolute atomic E-state index is 12.9. The Balaban J connectivity index is 1.38. The van der Waals surface area contributed by atoms with Gasteiger partial charge in [0.05, 0.1) is 17.7 Å². The van der Waals surface area contributed by atoms with Crippen LogP contribution >= 0.6 is 0 Å². The highest BCUT2D eigenvalue weighted by Crippen LogP contribution is 2.26. The average Bonchev–Trinajstić information content (AvgIpc) is 3.28. The molecule has 1 aliphatic heterocycles. The number of para-hydroxylation sites is 1. The molecule has 1 fully saturated rings. The molecule has 2 aromatic heterocycles. The van der Waals surface area contributed by atoms with Crippen LogP contribution in [0, 0.1) is 6.92 Å². The van der Waals surface area contributed by atoms with Crippen molar-refractivity contribution < 1.29 is 28.3 Å². The predicted molar refractivity (Wildman–Crippen MR) is 124 cm³/mol. The summed E-state index contributed by atoms with van der Waals surface area (Å²) in [5, 5.41) is 3.50. The number of amides is 2. The number of likely N-dealkylation sites (tertiary alicyclic amines) is 1. The van der Waals surface area contributed by atoms with E-state index in [1.54, 1.807) is 36.1 Å². The summed E-state index contributed by atoms with van der Waals surface area (Å²) in [7, 11) is 0. The maximum Gasteiger partial charge on any atom is 0.409 e. The Hall–Kier alpha value is -3.88. The lowest BCUT2D eigenvalue weighted by atomic mass is 10.1. The summed E-state index contributed by atoms with van der Waals surface area (Å²) in [5.41, 5.74) is 1.44. The molecule has 1 N–H and O–H groups in total. The van der Waals surface area contributed by atoms with E-state index in [1.807, 2.05) is 25.1 Å². The van der Waals surface area contributed by atoms with Gasteiger partial charge in [-0.15, -0.1) is 0 Å². The van der Waals surface area contributed by atoms with Crippen molar-refractivity contribution in [1.82, 2.24) is 15.2 Å². The Bertz CT molecular complexity index is 1200. The van der Waals surface area contributed by atoms with Crippen molar-refractivity contribution in [3.63, 3.8) is 0 Å². The molecular formula is C25H27N3O6. The van der Waals surface area contributed by atoms with Crippen LogP contribution in [0.5, 0.6) is 0 Å². The topological polar surface area (TPSA) is 111 Å². The van der Waals surface area contributed by atoms with E-state index >= 15 is 0 Å². The van der Waals surface area contributed by atoms with Gasteiger partial charge in [-0.05, 0) is 51.0 Å². The maximum atomic E-state index is 12.9. The highest BCUT2D eigenvalue weighted by atomic mass is 16.6. The third-order valence-corrected chi connectivity index (χ3v) is 5.65. The summed E-state index contributed by atoms with van der Waals surface area (Å²) < 4.78 is 16.0. The number of benzene rings is 1. The van der Waals surface area contributed by atoms with Crippen LogP contribution in [0.15, 0.2) is 46.9 Å². The fraction of sp³-hybridized carbons (Fsp3) is 0.360. The Morgan fingerprint density at radius 3 is 2.59 bits per heavy atom. The van der Waals surface area contributed by atoms with Crippen molar-refractivity contribution in [3.8, 4) is 11.5 Å². The van der Waals surface area contributed by atoms with E-state index in [-0.39, 0.29) is 18.0 Å².